The number of carbonyl (C=O) groups excluding carboxylic acids is 3. The number of amides is 3. The van der Waals surface area contributed by atoms with Crippen LogP contribution in [0.4, 0.5) is 5.69 Å². The molecule has 0 bridgehead atoms. The van der Waals surface area contributed by atoms with Gasteiger partial charge in [0, 0.05) is 12.3 Å². The average Bonchev–Trinajstić information content (AvgIpc) is 3.31. The molecule has 2 aromatic rings. The van der Waals surface area contributed by atoms with Gasteiger partial charge in [0.2, 0.25) is 0 Å². The van der Waals surface area contributed by atoms with Gasteiger partial charge in [0.15, 0.2) is 6.61 Å². The lowest BCUT2D eigenvalue weighted by Crippen LogP contribution is -2.36. The lowest BCUT2D eigenvalue weighted by molar-refractivity contribution is -0.118. The van der Waals surface area contributed by atoms with E-state index in [4.69, 9.17) is 9.47 Å². The highest BCUT2D eigenvalue weighted by Crippen LogP contribution is 2.27. The highest BCUT2D eigenvalue weighted by Gasteiger charge is 2.37. The summed E-state index contributed by atoms with van der Waals surface area (Å²) in [4.78, 5) is 38.7. The normalized spacial score (nSPS) is 18.1. The number of hydrogen-bond acceptors (Lipinski definition) is 5. The number of imide groups is 1. The first kappa shape index (κ1) is 19.1. The predicted octanol–water partition coefficient (Wildman–Crippen LogP) is 2.79. The van der Waals surface area contributed by atoms with Gasteiger partial charge in [-0.1, -0.05) is 18.2 Å². The van der Waals surface area contributed by atoms with Gasteiger partial charge in [0.25, 0.3) is 17.7 Å². The van der Waals surface area contributed by atoms with Crippen molar-refractivity contribution in [2.75, 3.05) is 25.1 Å². The first-order valence-corrected chi connectivity index (χ1v) is 9.63. The summed E-state index contributed by atoms with van der Waals surface area (Å²) in [6, 6.07) is 12.2. The molecule has 0 aliphatic carbocycles. The number of ether oxygens (including phenoxy) is 2. The maximum atomic E-state index is 12.7. The standard InChI is InChI=1S/C22H22N2O5/c1-14-5-2-3-7-19(14)29-13-20(25)23-15-8-9-17-18(11-15)22(27)24(21(17)26)12-16-6-4-10-28-16/h2-3,5,7-9,11,16H,4,6,10,12-13H2,1H3,(H,23,25). The lowest BCUT2D eigenvalue weighted by atomic mass is 10.1. The molecule has 2 heterocycles. The van der Waals surface area contributed by atoms with Crippen molar-refractivity contribution in [3.05, 3.63) is 59.2 Å². The number of carbonyl (C=O) groups is 3. The van der Waals surface area contributed by atoms with Crippen molar-refractivity contribution < 1.29 is 23.9 Å². The molecule has 1 atom stereocenters. The Hall–Kier alpha value is -3.19. The van der Waals surface area contributed by atoms with Crippen molar-refractivity contribution in [2.45, 2.75) is 25.9 Å². The third-order valence-corrected chi connectivity index (χ3v) is 5.12. The van der Waals surface area contributed by atoms with Crippen molar-refractivity contribution in [2.24, 2.45) is 0 Å². The summed E-state index contributed by atoms with van der Waals surface area (Å²) < 4.78 is 11.1. The summed E-state index contributed by atoms with van der Waals surface area (Å²) in [5.74, 6) is -0.377. The number of benzene rings is 2. The Labute approximate surface area is 168 Å². The largest absolute Gasteiger partial charge is 0.483 e. The number of fused-ring (bicyclic) bond motifs is 1. The third kappa shape index (κ3) is 4.00. The Bertz CT molecular complexity index is 965. The molecule has 150 valence electrons. The van der Waals surface area contributed by atoms with Gasteiger partial charge in [0.1, 0.15) is 5.75 Å². The molecule has 0 radical (unpaired) electrons. The molecule has 0 saturated carbocycles. The van der Waals surface area contributed by atoms with Gasteiger partial charge >= 0.3 is 0 Å². The maximum Gasteiger partial charge on any atom is 0.262 e. The van der Waals surface area contributed by atoms with Crippen molar-refractivity contribution in [3.63, 3.8) is 0 Å². The Morgan fingerprint density at radius 1 is 1.17 bits per heavy atom. The van der Waals surface area contributed by atoms with E-state index < -0.39 is 0 Å². The molecule has 1 unspecified atom stereocenters. The van der Waals surface area contributed by atoms with Crippen LogP contribution in [0.25, 0.3) is 0 Å². The van der Waals surface area contributed by atoms with Gasteiger partial charge in [-0.15, -0.1) is 0 Å². The van der Waals surface area contributed by atoms with Crippen LogP contribution in [0.2, 0.25) is 0 Å². The molecule has 2 aliphatic heterocycles. The number of aryl methyl sites for hydroxylation is 1. The van der Waals surface area contributed by atoms with E-state index in [9.17, 15) is 14.4 Å². The molecule has 0 aromatic heterocycles. The molecule has 1 fully saturated rings. The fourth-order valence-electron chi connectivity index (χ4n) is 3.58. The fourth-order valence-corrected chi connectivity index (χ4v) is 3.58. The highest BCUT2D eigenvalue weighted by molar-refractivity contribution is 6.21. The number of para-hydroxylation sites is 1. The molecule has 0 spiro atoms. The number of hydrogen-bond donors (Lipinski definition) is 1. The topological polar surface area (TPSA) is 84.9 Å². The summed E-state index contributed by atoms with van der Waals surface area (Å²) in [5, 5.41) is 2.71. The molecule has 1 N–H and O–H groups in total. The van der Waals surface area contributed by atoms with Gasteiger partial charge in [0.05, 0.1) is 23.8 Å². The SMILES string of the molecule is Cc1ccccc1OCC(=O)Nc1ccc2c(c1)C(=O)N(CC1CCCO1)C2=O. The van der Waals surface area contributed by atoms with Gasteiger partial charge in [-0.05, 0) is 49.6 Å². The molecule has 29 heavy (non-hydrogen) atoms. The summed E-state index contributed by atoms with van der Waals surface area (Å²) in [6.07, 6.45) is 1.68. The maximum absolute atomic E-state index is 12.7. The molecule has 4 rings (SSSR count). The molecule has 1 saturated heterocycles. The highest BCUT2D eigenvalue weighted by atomic mass is 16.5. The minimum atomic E-state index is -0.354. The van der Waals surface area contributed by atoms with Crippen LogP contribution in [-0.2, 0) is 9.53 Å². The van der Waals surface area contributed by atoms with Crippen LogP contribution < -0.4 is 10.1 Å². The smallest absolute Gasteiger partial charge is 0.262 e. The Morgan fingerprint density at radius 3 is 2.72 bits per heavy atom. The Balaban J connectivity index is 1.40. The van der Waals surface area contributed by atoms with Crippen LogP contribution in [0.3, 0.4) is 0 Å². The zero-order valence-electron chi connectivity index (χ0n) is 16.1. The molecule has 2 aromatic carbocycles. The van der Waals surface area contributed by atoms with E-state index in [0.29, 0.717) is 29.2 Å². The van der Waals surface area contributed by atoms with E-state index in [1.165, 1.54) is 11.0 Å². The number of nitrogens with zero attached hydrogens (tertiary/aromatic N) is 1. The van der Waals surface area contributed by atoms with Crippen molar-refractivity contribution in [1.29, 1.82) is 0 Å². The van der Waals surface area contributed by atoms with Crippen LogP contribution in [-0.4, -0.2) is 48.5 Å². The van der Waals surface area contributed by atoms with Gasteiger partial charge < -0.3 is 14.8 Å². The van der Waals surface area contributed by atoms with Gasteiger partial charge in [-0.2, -0.15) is 0 Å². The first-order chi connectivity index (χ1) is 14.0. The van der Waals surface area contributed by atoms with E-state index >= 15 is 0 Å². The van der Waals surface area contributed by atoms with Gasteiger partial charge in [-0.25, -0.2) is 0 Å². The fraction of sp³-hybridized carbons (Fsp3) is 0.318. The first-order valence-electron chi connectivity index (χ1n) is 9.63. The van der Waals surface area contributed by atoms with E-state index in [0.717, 1.165) is 18.4 Å². The van der Waals surface area contributed by atoms with Crippen LogP contribution in [0.15, 0.2) is 42.5 Å². The second kappa shape index (κ2) is 8.05. The van der Waals surface area contributed by atoms with E-state index in [1.807, 2.05) is 25.1 Å². The number of anilines is 1. The van der Waals surface area contributed by atoms with Crippen LogP contribution in [0.1, 0.15) is 39.1 Å². The van der Waals surface area contributed by atoms with Crippen LogP contribution >= 0.6 is 0 Å². The van der Waals surface area contributed by atoms with Crippen LogP contribution in [0, 0.1) is 6.92 Å². The van der Waals surface area contributed by atoms with E-state index in [-0.39, 0.29) is 37.0 Å². The minimum Gasteiger partial charge on any atom is -0.483 e. The van der Waals surface area contributed by atoms with Crippen molar-refractivity contribution >= 4 is 23.4 Å². The summed E-state index contributed by atoms with van der Waals surface area (Å²) >= 11 is 0. The number of rotatable bonds is 6. The molecular weight excluding hydrogens is 372 g/mol. The quantitative estimate of drug-likeness (QED) is 0.762. The Kier molecular flexibility index (Phi) is 5.31. The van der Waals surface area contributed by atoms with E-state index in [1.54, 1.807) is 18.2 Å². The van der Waals surface area contributed by atoms with Crippen molar-refractivity contribution in [3.8, 4) is 5.75 Å². The summed E-state index contributed by atoms with van der Waals surface area (Å²) in [7, 11) is 0. The molecule has 3 amide bonds. The second-order valence-corrected chi connectivity index (χ2v) is 7.22. The zero-order valence-corrected chi connectivity index (χ0v) is 16.1. The lowest BCUT2D eigenvalue weighted by Gasteiger charge is -2.17. The molecule has 7 heteroatoms. The number of nitrogens with one attached hydrogen (secondary N) is 1. The van der Waals surface area contributed by atoms with Gasteiger partial charge in [-0.3, -0.25) is 19.3 Å². The van der Waals surface area contributed by atoms with Crippen molar-refractivity contribution in [1.82, 2.24) is 4.90 Å². The van der Waals surface area contributed by atoms with E-state index in [2.05, 4.69) is 5.32 Å². The third-order valence-electron chi connectivity index (χ3n) is 5.12. The second-order valence-electron chi connectivity index (χ2n) is 7.22. The summed E-state index contributed by atoms with van der Waals surface area (Å²) in [6.45, 7) is 2.67. The summed E-state index contributed by atoms with van der Waals surface area (Å²) in [5.41, 5.74) is 2.03. The Morgan fingerprint density at radius 2 is 1.97 bits per heavy atom. The predicted molar refractivity (Wildman–Crippen MR) is 106 cm³/mol. The van der Waals surface area contributed by atoms with Crippen LogP contribution in [0.5, 0.6) is 5.75 Å². The molecule has 2 aliphatic rings. The zero-order chi connectivity index (χ0) is 20.4. The molecule has 7 nitrogen and oxygen atoms in total. The molecular formula is C22H22N2O5. The monoisotopic (exact) mass is 394 g/mol. The minimum absolute atomic E-state index is 0.102. The average molecular weight is 394 g/mol.